The Hall–Kier alpha value is -2.60. The van der Waals surface area contributed by atoms with Crippen LogP contribution in [0.25, 0.3) is 10.9 Å². The molecule has 1 aliphatic carbocycles. The highest BCUT2D eigenvalue weighted by Gasteiger charge is 2.18. The molecule has 28 heavy (non-hydrogen) atoms. The zero-order valence-electron chi connectivity index (χ0n) is 15.6. The molecule has 1 aliphatic rings. The lowest BCUT2D eigenvalue weighted by Crippen LogP contribution is -2.33. The molecule has 0 saturated heterocycles. The van der Waals surface area contributed by atoms with Gasteiger partial charge < -0.3 is 10.1 Å². The van der Waals surface area contributed by atoms with Crippen LogP contribution in [0.5, 0.6) is 5.75 Å². The average molecular weight is 394 g/mol. The molecule has 0 spiro atoms. The number of aromatic nitrogens is 2. The van der Waals surface area contributed by atoms with Crippen LogP contribution in [-0.2, 0) is 11.4 Å². The van der Waals surface area contributed by atoms with Gasteiger partial charge in [-0.1, -0.05) is 61.0 Å². The van der Waals surface area contributed by atoms with Crippen molar-refractivity contribution in [2.45, 2.75) is 43.4 Å². The van der Waals surface area contributed by atoms with Crippen LogP contribution in [0.15, 0.2) is 59.6 Å². The molecule has 0 bridgehead atoms. The van der Waals surface area contributed by atoms with Gasteiger partial charge in [0.15, 0.2) is 5.82 Å². The zero-order valence-corrected chi connectivity index (χ0v) is 16.5. The molecule has 1 fully saturated rings. The van der Waals surface area contributed by atoms with E-state index >= 15 is 0 Å². The Bertz CT molecular complexity index is 943. The van der Waals surface area contributed by atoms with E-state index in [0.29, 0.717) is 17.6 Å². The van der Waals surface area contributed by atoms with Crippen molar-refractivity contribution in [2.24, 2.45) is 0 Å². The highest BCUT2D eigenvalue weighted by Crippen LogP contribution is 2.26. The number of nitrogens with zero attached hydrogens (tertiary/aromatic N) is 2. The van der Waals surface area contributed by atoms with E-state index in [0.717, 1.165) is 34.5 Å². The molecule has 5 nitrogen and oxygen atoms in total. The molecule has 3 aromatic rings. The number of amides is 1. The molecule has 0 atom stereocenters. The van der Waals surface area contributed by atoms with Crippen LogP contribution in [0.2, 0.25) is 0 Å². The zero-order chi connectivity index (χ0) is 19.2. The molecular formula is C22H23N3O2S. The highest BCUT2D eigenvalue weighted by molar-refractivity contribution is 8.00. The van der Waals surface area contributed by atoms with Crippen LogP contribution in [0.4, 0.5) is 0 Å². The summed E-state index contributed by atoms with van der Waals surface area (Å²) in [7, 11) is 0. The molecule has 0 aliphatic heterocycles. The van der Waals surface area contributed by atoms with Crippen molar-refractivity contribution in [3.8, 4) is 5.75 Å². The third-order valence-electron chi connectivity index (χ3n) is 4.79. The van der Waals surface area contributed by atoms with Gasteiger partial charge in [0.1, 0.15) is 17.4 Å². The number of ether oxygens (including phenoxy) is 1. The quantitative estimate of drug-likeness (QED) is 0.477. The van der Waals surface area contributed by atoms with E-state index in [9.17, 15) is 4.79 Å². The van der Waals surface area contributed by atoms with E-state index in [2.05, 4.69) is 15.3 Å². The fourth-order valence-corrected chi connectivity index (χ4v) is 4.26. The van der Waals surface area contributed by atoms with Crippen molar-refractivity contribution in [1.82, 2.24) is 15.3 Å². The second-order valence-corrected chi connectivity index (χ2v) is 7.87. The van der Waals surface area contributed by atoms with E-state index < -0.39 is 0 Å². The van der Waals surface area contributed by atoms with E-state index in [1.807, 2.05) is 54.6 Å². The monoisotopic (exact) mass is 393 g/mol. The van der Waals surface area contributed by atoms with Gasteiger partial charge in [0.2, 0.25) is 5.91 Å². The first-order chi connectivity index (χ1) is 13.8. The number of hydrogen-bond donors (Lipinski definition) is 1. The molecular weight excluding hydrogens is 370 g/mol. The van der Waals surface area contributed by atoms with Crippen LogP contribution >= 0.6 is 11.8 Å². The van der Waals surface area contributed by atoms with Crippen LogP contribution in [-0.4, -0.2) is 27.7 Å². The van der Waals surface area contributed by atoms with E-state index in [1.54, 1.807) is 0 Å². The summed E-state index contributed by atoms with van der Waals surface area (Å²) in [5.74, 6) is 1.82. The maximum atomic E-state index is 12.3. The Labute approximate surface area is 168 Å². The van der Waals surface area contributed by atoms with Gasteiger partial charge >= 0.3 is 0 Å². The van der Waals surface area contributed by atoms with Crippen LogP contribution < -0.4 is 10.1 Å². The molecule has 1 aromatic heterocycles. The fourth-order valence-electron chi connectivity index (χ4n) is 3.41. The lowest BCUT2D eigenvalue weighted by molar-refractivity contribution is -0.119. The predicted octanol–water partition coefficient (Wildman–Crippen LogP) is 4.36. The summed E-state index contributed by atoms with van der Waals surface area (Å²) < 4.78 is 5.80. The summed E-state index contributed by atoms with van der Waals surface area (Å²) in [6, 6.07) is 17.8. The van der Waals surface area contributed by atoms with Crippen molar-refractivity contribution in [3.05, 3.63) is 60.4 Å². The van der Waals surface area contributed by atoms with Crippen LogP contribution in [0, 0.1) is 0 Å². The van der Waals surface area contributed by atoms with Gasteiger partial charge in [-0.05, 0) is 31.0 Å². The Balaban J connectivity index is 1.46. The molecule has 4 rings (SSSR count). The molecule has 0 unspecified atom stereocenters. The van der Waals surface area contributed by atoms with Crippen molar-refractivity contribution >= 4 is 28.6 Å². The minimum absolute atomic E-state index is 0.0710. The van der Waals surface area contributed by atoms with Gasteiger partial charge in [-0.15, -0.1) is 0 Å². The number of rotatable bonds is 7. The van der Waals surface area contributed by atoms with Crippen molar-refractivity contribution in [1.29, 1.82) is 0 Å². The maximum absolute atomic E-state index is 12.3. The minimum atomic E-state index is 0.0710. The summed E-state index contributed by atoms with van der Waals surface area (Å²) in [4.78, 5) is 21.6. The number of carbonyl (C=O) groups is 1. The largest absolute Gasteiger partial charge is 0.486 e. The first-order valence-electron chi connectivity index (χ1n) is 9.63. The third kappa shape index (κ3) is 4.81. The van der Waals surface area contributed by atoms with Crippen LogP contribution in [0.1, 0.15) is 31.5 Å². The Morgan fingerprint density at radius 1 is 1.04 bits per heavy atom. The topological polar surface area (TPSA) is 64.1 Å². The average Bonchev–Trinajstić information content (AvgIpc) is 3.24. The Kier molecular flexibility index (Phi) is 6.07. The summed E-state index contributed by atoms with van der Waals surface area (Å²) in [6.07, 6.45) is 4.60. The summed E-state index contributed by atoms with van der Waals surface area (Å²) in [5, 5.41) is 4.91. The minimum Gasteiger partial charge on any atom is -0.486 e. The molecule has 6 heteroatoms. The van der Waals surface area contributed by atoms with Gasteiger partial charge in [-0.3, -0.25) is 4.79 Å². The first kappa shape index (κ1) is 18.7. The lowest BCUT2D eigenvalue weighted by Gasteiger charge is -2.12. The lowest BCUT2D eigenvalue weighted by atomic mass is 10.2. The standard InChI is InChI=1S/C22H23N3O2S/c26-21(23-16-8-4-5-9-16)15-28-22-18-12-6-7-13-19(18)24-20(25-22)14-27-17-10-2-1-3-11-17/h1-3,6-7,10-13,16H,4-5,8-9,14-15H2,(H,23,26). The van der Waals surface area contributed by atoms with Crippen molar-refractivity contribution < 1.29 is 9.53 Å². The molecule has 1 amide bonds. The number of fused-ring (bicyclic) bond motifs is 1. The Morgan fingerprint density at radius 2 is 1.79 bits per heavy atom. The number of carbonyl (C=O) groups excluding carboxylic acids is 1. The van der Waals surface area contributed by atoms with E-state index in [1.165, 1.54) is 24.6 Å². The maximum Gasteiger partial charge on any atom is 0.230 e. The Morgan fingerprint density at radius 3 is 2.61 bits per heavy atom. The summed E-state index contributed by atoms with van der Waals surface area (Å²) in [6.45, 7) is 0.288. The first-order valence-corrected chi connectivity index (χ1v) is 10.6. The van der Waals surface area contributed by atoms with Gasteiger partial charge in [-0.25, -0.2) is 9.97 Å². The van der Waals surface area contributed by atoms with Crippen molar-refractivity contribution in [3.63, 3.8) is 0 Å². The number of hydrogen-bond acceptors (Lipinski definition) is 5. The molecule has 1 N–H and O–H groups in total. The molecule has 0 radical (unpaired) electrons. The molecule has 1 heterocycles. The van der Waals surface area contributed by atoms with Crippen LogP contribution in [0.3, 0.4) is 0 Å². The molecule has 1 saturated carbocycles. The van der Waals surface area contributed by atoms with Gasteiger partial charge in [0, 0.05) is 11.4 Å². The van der Waals surface area contributed by atoms with Gasteiger partial charge in [0.05, 0.1) is 11.3 Å². The third-order valence-corrected chi connectivity index (χ3v) is 5.78. The SMILES string of the molecule is O=C(CSc1nc(COc2ccccc2)nc2ccccc12)NC1CCCC1. The smallest absolute Gasteiger partial charge is 0.230 e. The predicted molar refractivity (Wildman–Crippen MR) is 111 cm³/mol. The van der Waals surface area contributed by atoms with Gasteiger partial charge in [-0.2, -0.15) is 0 Å². The van der Waals surface area contributed by atoms with Crippen molar-refractivity contribution in [2.75, 3.05) is 5.75 Å². The number of para-hydroxylation sites is 2. The fraction of sp³-hybridized carbons (Fsp3) is 0.318. The van der Waals surface area contributed by atoms with E-state index in [4.69, 9.17) is 4.74 Å². The molecule has 2 aromatic carbocycles. The van der Waals surface area contributed by atoms with E-state index in [-0.39, 0.29) is 12.5 Å². The van der Waals surface area contributed by atoms with Gasteiger partial charge in [0.25, 0.3) is 0 Å². The summed E-state index contributed by atoms with van der Waals surface area (Å²) in [5.41, 5.74) is 0.864. The number of benzene rings is 2. The second kappa shape index (κ2) is 9.06. The number of thioether (sulfide) groups is 1. The normalized spacial score (nSPS) is 14.3. The number of nitrogens with one attached hydrogen (secondary N) is 1. The molecule has 144 valence electrons. The highest BCUT2D eigenvalue weighted by atomic mass is 32.2. The second-order valence-electron chi connectivity index (χ2n) is 6.90. The summed E-state index contributed by atoms with van der Waals surface area (Å²) >= 11 is 1.46.